The third-order valence-corrected chi connectivity index (χ3v) is 7.97. The van der Waals surface area contributed by atoms with Crippen LogP contribution < -0.4 is 10.6 Å². The maximum Gasteiger partial charge on any atom is 0.389 e. The first-order valence-electron chi connectivity index (χ1n) is 14.5. The molecule has 3 heterocycles. The summed E-state index contributed by atoms with van der Waals surface area (Å²) in [5.41, 5.74) is 1.16. The molecular formula is C27H31F7N8O3. The number of rotatable bonds is 13. The SMILES string of the molecule is O=C(CCC(F)(F)F)N[C@@H](c1cnn2cc([C@@H](NC(=O)c3ncnn3CCOC(F)F)C3CCC(F)(F)CC3)nc2c1)C1CC1. The number of amides is 2. The van der Waals surface area contributed by atoms with E-state index < -0.39 is 80.8 Å². The zero-order chi connectivity index (χ0) is 32.4. The standard InChI is InChI=1S/C27H31F7N8O3/c28-25(29)45-10-9-41-23(35-14-37-41)24(44)40-22(16-3-6-26(30,31)7-4-16)18-13-42-19(38-18)11-17(12-36-42)21(15-1-2-15)39-20(43)5-8-27(32,33)34/h11-16,21-22,25H,1-10H2,(H,39,43)(H,40,44)/t21-,22+/m1/s1. The Morgan fingerprint density at radius 2 is 1.76 bits per heavy atom. The molecule has 2 amide bonds. The van der Waals surface area contributed by atoms with Crippen LogP contribution >= 0.6 is 0 Å². The molecule has 2 saturated carbocycles. The molecular weight excluding hydrogens is 617 g/mol. The maximum atomic E-state index is 14.0. The summed E-state index contributed by atoms with van der Waals surface area (Å²) >= 11 is 0. The number of ether oxygens (including phenoxy) is 1. The Kier molecular flexibility index (Phi) is 9.60. The summed E-state index contributed by atoms with van der Waals surface area (Å²) in [4.78, 5) is 34.1. The average molecular weight is 649 g/mol. The van der Waals surface area contributed by atoms with E-state index in [1.54, 1.807) is 6.07 Å². The molecule has 0 spiro atoms. The first-order chi connectivity index (χ1) is 21.3. The number of fused-ring (bicyclic) bond motifs is 1. The van der Waals surface area contributed by atoms with Gasteiger partial charge in [-0.2, -0.15) is 32.1 Å². The molecule has 0 radical (unpaired) electrons. The van der Waals surface area contributed by atoms with Gasteiger partial charge in [-0.1, -0.05) is 0 Å². The summed E-state index contributed by atoms with van der Waals surface area (Å²) in [6.07, 6.45) is -1.41. The van der Waals surface area contributed by atoms with E-state index in [0.29, 0.717) is 16.9 Å². The molecule has 2 fully saturated rings. The normalized spacial score (nSPS) is 18.7. The van der Waals surface area contributed by atoms with Crippen LogP contribution in [0, 0.1) is 11.8 Å². The number of nitrogens with one attached hydrogen (secondary N) is 2. The van der Waals surface area contributed by atoms with Gasteiger partial charge in [0.25, 0.3) is 5.91 Å². The Bertz CT molecular complexity index is 1480. The lowest BCUT2D eigenvalue weighted by Crippen LogP contribution is -2.38. The van der Waals surface area contributed by atoms with Crippen molar-refractivity contribution >= 4 is 17.5 Å². The molecule has 45 heavy (non-hydrogen) atoms. The van der Waals surface area contributed by atoms with E-state index in [9.17, 15) is 40.3 Å². The molecule has 18 heteroatoms. The summed E-state index contributed by atoms with van der Waals surface area (Å²) in [5.74, 6) is -4.92. The zero-order valence-electron chi connectivity index (χ0n) is 23.8. The van der Waals surface area contributed by atoms with Crippen LogP contribution in [0.1, 0.15) is 85.3 Å². The Balaban J connectivity index is 1.37. The van der Waals surface area contributed by atoms with Gasteiger partial charge >= 0.3 is 12.8 Å². The smallest absolute Gasteiger partial charge is 0.349 e. The zero-order valence-corrected chi connectivity index (χ0v) is 23.8. The fourth-order valence-electron chi connectivity index (χ4n) is 5.50. The van der Waals surface area contributed by atoms with Gasteiger partial charge < -0.3 is 15.4 Å². The van der Waals surface area contributed by atoms with Gasteiger partial charge in [0.1, 0.15) is 6.33 Å². The van der Waals surface area contributed by atoms with E-state index in [4.69, 9.17) is 0 Å². The van der Waals surface area contributed by atoms with E-state index in [1.807, 2.05) is 0 Å². The van der Waals surface area contributed by atoms with Crippen molar-refractivity contribution < 1.29 is 45.1 Å². The molecule has 0 saturated heterocycles. The quantitative estimate of drug-likeness (QED) is 0.256. The average Bonchev–Trinajstić information content (AvgIpc) is 3.54. The highest BCUT2D eigenvalue weighted by atomic mass is 19.4. The third kappa shape index (κ3) is 8.67. The lowest BCUT2D eigenvalue weighted by Gasteiger charge is -2.33. The van der Waals surface area contributed by atoms with E-state index in [0.717, 1.165) is 23.9 Å². The first kappa shape index (κ1) is 32.6. The first-order valence-corrected chi connectivity index (χ1v) is 14.5. The van der Waals surface area contributed by atoms with E-state index in [-0.39, 0.29) is 31.1 Å². The molecule has 3 aromatic heterocycles. The second-order valence-corrected chi connectivity index (χ2v) is 11.3. The Morgan fingerprint density at radius 1 is 1.04 bits per heavy atom. The van der Waals surface area contributed by atoms with Crippen molar-refractivity contribution in [3.05, 3.63) is 41.9 Å². The Labute approximate surface area is 251 Å². The van der Waals surface area contributed by atoms with Crippen LogP contribution in [-0.2, 0) is 16.1 Å². The van der Waals surface area contributed by atoms with Crippen molar-refractivity contribution in [2.24, 2.45) is 11.8 Å². The second kappa shape index (κ2) is 13.3. The molecule has 0 unspecified atom stereocenters. The molecule has 2 atom stereocenters. The summed E-state index contributed by atoms with van der Waals surface area (Å²) in [5, 5.41) is 13.7. The van der Waals surface area contributed by atoms with E-state index >= 15 is 0 Å². The van der Waals surface area contributed by atoms with Crippen LogP contribution in [0.4, 0.5) is 30.7 Å². The number of carbonyl (C=O) groups excluding carboxylic acids is 2. The summed E-state index contributed by atoms with van der Waals surface area (Å²) in [7, 11) is 0. The number of alkyl halides is 7. The number of nitrogens with zero attached hydrogens (tertiary/aromatic N) is 6. The highest BCUT2D eigenvalue weighted by Gasteiger charge is 2.40. The molecule has 5 rings (SSSR count). The van der Waals surface area contributed by atoms with Gasteiger partial charge in [0.05, 0.1) is 49.7 Å². The van der Waals surface area contributed by atoms with Crippen molar-refractivity contribution in [1.82, 2.24) is 40.0 Å². The molecule has 3 aromatic rings. The molecule has 0 bridgehead atoms. The number of imidazole rings is 1. The molecule has 2 N–H and O–H groups in total. The molecule has 2 aliphatic carbocycles. The minimum atomic E-state index is -4.46. The predicted octanol–water partition coefficient (Wildman–Crippen LogP) is 4.77. The van der Waals surface area contributed by atoms with E-state index in [1.165, 1.54) is 16.9 Å². The molecule has 0 aliphatic heterocycles. The summed E-state index contributed by atoms with van der Waals surface area (Å²) < 4.78 is 97.4. The third-order valence-electron chi connectivity index (χ3n) is 7.97. The monoisotopic (exact) mass is 648 g/mol. The minimum absolute atomic E-state index is 0.0258. The minimum Gasteiger partial charge on any atom is -0.349 e. The van der Waals surface area contributed by atoms with Crippen molar-refractivity contribution in [2.45, 2.75) is 88.7 Å². The van der Waals surface area contributed by atoms with Gasteiger partial charge in [0, 0.05) is 19.3 Å². The number of carbonyl (C=O) groups is 2. The van der Waals surface area contributed by atoms with Gasteiger partial charge in [-0.15, -0.1) is 0 Å². The summed E-state index contributed by atoms with van der Waals surface area (Å²) in [6, 6.07) is 0.208. The molecule has 0 aromatic carbocycles. The van der Waals surface area contributed by atoms with Crippen molar-refractivity contribution in [2.75, 3.05) is 6.61 Å². The highest BCUT2D eigenvalue weighted by molar-refractivity contribution is 5.90. The fourth-order valence-corrected chi connectivity index (χ4v) is 5.50. The number of hydrogen-bond acceptors (Lipinski definition) is 7. The van der Waals surface area contributed by atoms with Crippen LogP contribution in [0.5, 0.6) is 0 Å². The van der Waals surface area contributed by atoms with Crippen LogP contribution in [0.15, 0.2) is 24.8 Å². The van der Waals surface area contributed by atoms with Gasteiger partial charge in [-0.25, -0.2) is 27.9 Å². The lowest BCUT2D eigenvalue weighted by atomic mass is 9.81. The molecule has 11 nitrogen and oxygen atoms in total. The second-order valence-electron chi connectivity index (χ2n) is 11.3. The van der Waals surface area contributed by atoms with Gasteiger partial charge in [-0.05, 0) is 49.1 Å². The van der Waals surface area contributed by atoms with Crippen molar-refractivity contribution in [3.63, 3.8) is 0 Å². The largest absolute Gasteiger partial charge is 0.389 e. The molecule has 2 aliphatic rings. The maximum absolute atomic E-state index is 14.0. The number of halogens is 7. The predicted molar refractivity (Wildman–Crippen MR) is 141 cm³/mol. The lowest BCUT2D eigenvalue weighted by molar-refractivity contribution is -0.144. The number of hydrogen-bond donors (Lipinski definition) is 2. The fraction of sp³-hybridized carbons (Fsp3) is 0.630. The van der Waals surface area contributed by atoms with E-state index in [2.05, 4.69) is 35.5 Å². The van der Waals surface area contributed by atoms with Crippen LogP contribution in [0.25, 0.3) is 5.65 Å². The molecule has 246 valence electrons. The van der Waals surface area contributed by atoms with Gasteiger partial charge in [-0.3, -0.25) is 9.59 Å². The van der Waals surface area contributed by atoms with Gasteiger partial charge in [0.15, 0.2) is 5.65 Å². The highest BCUT2D eigenvalue weighted by Crippen LogP contribution is 2.43. The van der Waals surface area contributed by atoms with Crippen LogP contribution in [-0.4, -0.2) is 66.5 Å². The number of aromatic nitrogens is 6. The topological polar surface area (TPSA) is 128 Å². The van der Waals surface area contributed by atoms with Crippen LogP contribution in [0.3, 0.4) is 0 Å². The van der Waals surface area contributed by atoms with Gasteiger partial charge in [0.2, 0.25) is 17.7 Å². The van der Waals surface area contributed by atoms with Crippen molar-refractivity contribution in [1.29, 1.82) is 0 Å². The van der Waals surface area contributed by atoms with Crippen molar-refractivity contribution in [3.8, 4) is 0 Å². The Hall–Kier alpha value is -3.83. The van der Waals surface area contributed by atoms with Crippen LogP contribution in [0.2, 0.25) is 0 Å². The Morgan fingerprint density at radius 3 is 2.42 bits per heavy atom. The summed E-state index contributed by atoms with van der Waals surface area (Å²) in [6.45, 7) is -3.63.